The molecule has 0 N–H and O–H groups in total. The molecule has 0 aliphatic heterocycles. The van der Waals surface area contributed by atoms with E-state index in [-0.39, 0.29) is 0 Å². The van der Waals surface area contributed by atoms with Crippen LogP contribution in [-0.2, 0) is 46.2 Å². The van der Waals surface area contributed by atoms with E-state index < -0.39 is 94.4 Å². The molecule has 0 saturated carbocycles. The van der Waals surface area contributed by atoms with Gasteiger partial charge in [0, 0.05) is 0 Å². The highest BCUT2D eigenvalue weighted by atomic mass is 28.5. The first-order chi connectivity index (χ1) is 29.9. The molecule has 398 valence electrons. The summed E-state index contributed by atoms with van der Waals surface area (Å²) in [5.41, 5.74) is 0. The predicted octanol–water partition coefficient (Wildman–Crippen LogP) is 16.4. The second kappa shape index (κ2) is 31.0. The average Bonchev–Trinajstić information content (AvgIpc) is 3.07. The van der Waals surface area contributed by atoms with Crippen LogP contribution in [-0.4, -0.2) is 94.4 Å². The molecular formula is C44H112O11Si11. The molecule has 0 aromatic heterocycles. The lowest BCUT2D eigenvalue weighted by Crippen LogP contribution is -2.61. The molecule has 22 heteroatoms. The lowest BCUT2D eigenvalue weighted by atomic mass is 10.1. The van der Waals surface area contributed by atoms with E-state index >= 15 is 0 Å². The smallest absolute Gasteiger partial charge is 0.362 e. The van der Waals surface area contributed by atoms with Crippen LogP contribution in [0, 0.1) is 0 Å². The molecule has 0 aliphatic rings. The van der Waals surface area contributed by atoms with E-state index in [0.717, 1.165) is 24.9 Å². The van der Waals surface area contributed by atoms with E-state index in [4.69, 9.17) is 46.2 Å². The van der Waals surface area contributed by atoms with Gasteiger partial charge < -0.3 is 37.0 Å². The van der Waals surface area contributed by atoms with E-state index in [0.29, 0.717) is 0 Å². The minimum Gasteiger partial charge on any atom is -0.439 e. The second-order valence-electron chi connectivity index (χ2n) is 23.7. The maximum atomic E-state index is 7.44. The van der Waals surface area contributed by atoms with Crippen LogP contribution in [0.5, 0.6) is 0 Å². The third kappa shape index (κ3) is 36.0. The molecule has 11 nitrogen and oxygen atoms in total. The third-order valence-corrected chi connectivity index (χ3v) is 50.6. The molecule has 0 radical (unpaired) electrons. The SMILES string of the molecule is CCCCCCCC[SiH](C)O[Si](C)(CCCCCCCC)O[Si](C)(CCCCCCCC)OO[Si](C)(C)O[Si](C)(C)O[Si](C)(C)O[Si](C)(C)O[Si](C)(C)O[Si](C)(C)O[Si](C)(C)O[Si](C)(C)C. The molecule has 0 fully saturated rings. The summed E-state index contributed by atoms with van der Waals surface area (Å²) in [4.78, 5) is 0. The lowest BCUT2D eigenvalue weighted by molar-refractivity contribution is -0.154. The van der Waals surface area contributed by atoms with Gasteiger partial charge in [0.15, 0.2) is 17.4 Å². The first-order valence-electron chi connectivity index (χ1n) is 26.6. The largest absolute Gasteiger partial charge is 0.439 e. The highest BCUT2D eigenvalue weighted by Crippen LogP contribution is 2.33. The van der Waals surface area contributed by atoms with Crippen LogP contribution in [0.3, 0.4) is 0 Å². The van der Waals surface area contributed by atoms with E-state index in [1.54, 1.807) is 0 Å². The Morgan fingerprint density at radius 1 is 0.288 bits per heavy atom. The summed E-state index contributed by atoms with van der Waals surface area (Å²) in [6, 6.07) is 3.10. The first-order valence-corrected chi connectivity index (χ1v) is 57.2. The summed E-state index contributed by atoms with van der Waals surface area (Å²) in [7, 11) is -27.5. The summed E-state index contributed by atoms with van der Waals surface area (Å²) in [5.74, 6) is 0. The highest BCUT2D eigenvalue weighted by molar-refractivity contribution is 6.92. The zero-order chi connectivity index (χ0) is 51.2. The van der Waals surface area contributed by atoms with Crippen LogP contribution in [0.25, 0.3) is 0 Å². The zero-order valence-electron chi connectivity index (χ0n) is 47.9. The van der Waals surface area contributed by atoms with Crippen LogP contribution in [0.2, 0.25) is 149 Å². The van der Waals surface area contributed by atoms with Gasteiger partial charge in [-0.3, -0.25) is 9.15 Å². The molecule has 3 unspecified atom stereocenters. The molecular weight excluding hydrogens is 1010 g/mol. The molecule has 0 saturated heterocycles. The normalized spacial score (nSPS) is 16.4. The van der Waals surface area contributed by atoms with E-state index in [2.05, 4.69) is 152 Å². The zero-order valence-corrected chi connectivity index (χ0v) is 59.1. The van der Waals surface area contributed by atoms with E-state index in [9.17, 15) is 0 Å². The van der Waals surface area contributed by atoms with Crippen molar-refractivity contribution in [1.82, 2.24) is 0 Å². The van der Waals surface area contributed by atoms with Crippen molar-refractivity contribution in [2.24, 2.45) is 0 Å². The minimum atomic E-state index is -2.88. The fraction of sp³-hybridized carbons (Fsp3) is 1.00. The number of hydrogen-bond acceptors (Lipinski definition) is 11. The van der Waals surface area contributed by atoms with Crippen LogP contribution in [0.15, 0.2) is 0 Å². The standard InChI is InChI=1S/C44H112O11Si11/c1-24-27-30-33-36-39-42-56(4)47-66(23,44-41-38-35-32-29-26-3)55-65(22,43-40-37-34-31-28-25-2)46-45-58(8,9)49-60(12,13)51-62(16,17)53-64(20,21)54-63(18,19)52-61(14,15)50-59(10,11)48-57(5,6)7/h56H,24-44H2,1-23H3. The second-order valence-corrected chi connectivity index (χ2v) is 63.0. The van der Waals surface area contributed by atoms with Gasteiger partial charge >= 0.3 is 77.0 Å². The van der Waals surface area contributed by atoms with Crippen molar-refractivity contribution >= 4 is 94.4 Å². The van der Waals surface area contributed by atoms with E-state index in [1.165, 1.54) is 109 Å². The molecule has 3 atom stereocenters. The molecule has 66 heavy (non-hydrogen) atoms. The Morgan fingerprint density at radius 2 is 0.576 bits per heavy atom. The van der Waals surface area contributed by atoms with Gasteiger partial charge in [-0.2, -0.15) is 0 Å². The van der Waals surface area contributed by atoms with Gasteiger partial charge in [-0.05, 0) is 149 Å². The van der Waals surface area contributed by atoms with Crippen molar-refractivity contribution in [3.05, 3.63) is 0 Å². The highest BCUT2D eigenvalue weighted by Gasteiger charge is 2.51. The molecule has 0 aliphatic carbocycles. The molecule has 0 heterocycles. The van der Waals surface area contributed by atoms with Crippen LogP contribution in [0.4, 0.5) is 0 Å². The van der Waals surface area contributed by atoms with Gasteiger partial charge in [0.05, 0.1) is 0 Å². The Labute approximate surface area is 423 Å². The molecule has 0 amide bonds. The van der Waals surface area contributed by atoms with Gasteiger partial charge in [0.25, 0.3) is 0 Å². The summed E-state index contributed by atoms with van der Waals surface area (Å²) in [5, 5.41) is 0. The lowest BCUT2D eigenvalue weighted by Gasteiger charge is -2.44. The maximum absolute atomic E-state index is 7.44. The monoisotopic (exact) mass is 1120 g/mol. The van der Waals surface area contributed by atoms with Crippen molar-refractivity contribution < 1.29 is 46.2 Å². The number of unbranched alkanes of at least 4 members (excludes halogenated alkanes) is 15. The number of hydrogen-bond donors (Lipinski definition) is 0. The summed E-state index contributed by atoms with van der Waals surface area (Å²) < 4.78 is 75.6. The van der Waals surface area contributed by atoms with Gasteiger partial charge in [0.2, 0.25) is 0 Å². The summed E-state index contributed by atoms with van der Waals surface area (Å²) in [6.45, 7) is 49.8. The molecule has 0 rings (SSSR count). The molecule has 0 aromatic rings. The Balaban J connectivity index is 6.09. The van der Waals surface area contributed by atoms with Crippen LogP contribution < -0.4 is 0 Å². The van der Waals surface area contributed by atoms with Crippen molar-refractivity contribution in [1.29, 1.82) is 0 Å². The molecule has 0 spiro atoms. The topological polar surface area (TPSA) is 102 Å². The minimum absolute atomic E-state index is 0.880. The van der Waals surface area contributed by atoms with Crippen LogP contribution >= 0.6 is 0 Å². The Morgan fingerprint density at radius 3 is 0.924 bits per heavy atom. The average molecular weight is 1130 g/mol. The van der Waals surface area contributed by atoms with Gasteiger partial charge in [-0.15, -0.1) is 0 Å². The quantitative estimate of drug-likeness (QED) is 0.0253. The van der Waals surface area contributed by atoms with Crippen molar-refractivity contribution in [2.75, 3.05) is 0 Å². The molecule has 0 aromatic carbocycles. The third-order valence-electron chi connectivity index (χ3n) is 10.7. The van der Waals surface area contributed by atoms with Crippen LogP contribution in [0.1, 0.15) is 136 Å². The fourth-order valence-corrected chi connectivity index (χ4v) is 61.0. The van der Waals surface area contributed by atoms with Gasteiger partial charge in [0.1, 0.15) is 0 Å². The first kappa shape index (κ1) is 67.9. The predicted molar refractivity (Wildman–Crippen MR) is 308 cm³/mol. The van der Waals surface area contributed by atoms with E-state index in [1.807, 2.05) is 0 Å². The van der Waals surface area contributed by atoms with Gasteiger partial charge in [-0.25, -0.2) is 0 Å². The fourth-order valence-electron chi connectivity index (χ4n) is 9.47. The van der Waals surface area contributed by atoms with Crippen molar-refractivity contribution in [3.63, 3.8) is 0 Å². The van der Waals surface area contributed by atoms with Crippen molar-refractivity contribution in [2.45, 2.75) is 285 Å². The van der Waals surface area contributed by atoms with Crippen molar-refractivity contribution in [3.8, 4) is 0 Å². The van der Waals surface area contributed by atoms with Gasteiger partial charge in [-0.1, -0.05) is 136 Å². The summed E-state index contributed by atoms with van der Waals surface area (Å²) >= 11 is 0. The Kier molecular flexibility index (Phi) is 31.9. The molecule has 0 bridgehead atoms. The number of rotatable bonds is 42. The Hall–Kier alpha value is 1.95. The summed E-state index contributed by atoms with van der Waals surface area (Å²) in [6.07, 6.45) is 22.7. The Bertz CT molecular complexity index is 1290. The maximum Gasteiger partial charge on any atom is 0.362 e.